The van der Waals surface area contributed by atoms with E-state index in [1.165, 1.54) is 12.1 Å². The van der Waals surface area contributed by atoms with Gasteiger partial charge in [-0.25, -0.2) is 8.42 Å². The molecule has 3 aromatic rings. The molecular weight excluding hydrogens is 386 g/mol. The zero-order valence-corrected chi connectivity index (χ0v) is 16.6. The van der Waals surface area contributed by atoms with Crippen LogP contribution in [0.3, 0.4) is 0 Å². The van der Waals surface area contributed by atoms with Crippen molar-refractivity contribution in [1.29, 1.82) is 0 Å². The number of hydrogen-bond donors (Lipinski definition) is 1. The van der Waals surface area contributed by atoms with Crippen molar-refractivity contribution in [2.45, 2.75) is 17.7 Å². The molecule has 0 saturated heterocycles. The number of benzene rings is 3. The second kappa shape index (κ2) is 7.29. The first-order chi connectivity index (χ1) is 13.9. The Labute approximate surface area is 169 Å². The van der Waals surface area contributed by atoms with Crippen molar-refractivity contribution in [3.63, 3.8) is 0 Å². The SMILES string of the molecule is CS(=O)(=O)c1ccccc1C(=O)Nc1ccc(-c2ccccc2)c2c1C(=O)CC2. The van der Waals surface area contributed by atoms with Crippen LogP contribution in [-0.4, -0.2) is 26.4 Å². The van der Waals surface area contributed by atoms with Crippen LogP contribution in [0.5, 0.6) is 0 Å². The number of carbonyl (C=O) groups is 2. The molecule has 6 heteroatoms. The second-order valence-corrected chi connectivity index (χ2v) is 9.01. The standard InChI is InChI=1S/C23H19NO4S/c1-29(27,28)21-10-6-5-9-18(21)23(26)24-19-13-11-16(15-7-3-2-4-8-15)17-12-14-20(25)22(17)19/h2-11,13H,12,14H2,1H3,(H,24,26). The number of sulfone groups is 1. The molecular formula is C23H19NO4S. The molecule has 5 nitrogen and oxygen atoms in total. The Bertz CT molecular complexity index is 1230. The van der Waals surface area contributed by atoms with E-state index in [-0.39, 0.29) is 16.2 Å². The van der Waals surface area contributed by atoms with Gasteiger partial charge in [0.05, 0.1) is 16.1 Å². The molecule has 0 heterocycles. The van der Waals surface area contributed by atoms with Crippen LogP contribution in [0.2, 0.25) is 0 Å². The van der Waals surface area contributed by atoms with Gasteiger partial charge in [-0.15, -0.1) is 0 Å². The molecule has 0 bridgehead atoms. The van der Waals surface area contributed by atoms with E-state index in [4.69, 9.17) is 0 Å². The first-order valence-corrected chi connectivity index (χ1v) is 11.1. The Morgan fingerprint density at radius 2 is 1.59 bits per heavy atom. The van der Waals surface area contributed by atoms with Gasteiger partial charge in [0.1, 0.15) is 0 Å². The van der Waals surface area contributed by atoms with E-state index in [0.29, 0.717) is 24.1 Å². The number of fused-ring (bicyclic) bond motifs is 1. The second-order valence-electron chi connectivity index (χ2n) is 7.03. The van der Waals surface area contributed by atoms with Gasteiger partial charge in [0.25, 0.3) is 5.91 Å². The van der Waals surface area contributed by atoms with E-state index >= 15 is 0 Å². The fourth-order valence-electron chi connectivity index (χ4n) is 3.75. The molecule has 146 valence electrons. The fourth-order valence-corrected chi connectivity index (χ4v) is 4.64. The highest BCUT2D eigenvalue weighted by molar-refractivity contribution is 7.90. The van der Waals surface area contributed by atoms with Crippen LogP contribution in [0.25, 0.3) is 11.1 Å². The summed E-state index contributed by atoms with van der Waals surface area (Å²) >= 11 is 0. The lowest BCUT2D eigenvalue weighted by atomic mass is 9.95. The molecule has 0 aliphatic heterocycles. The van der Waals surface area contributed by atoms with Gasteiger partial charge in [0, 0.05) is 18.2 Å². The molecule has 0 fully saturated rings. The van der Waals surface area contributed by atoms with E-state index in [9.17, 15) is 18.0 Å². The summed E-state index contributed by atoms with van der Waals surface area (Å²) in [6.07, 6.45) is 2.07. The normalized spacial score (nSPS) is 13.2. The monoisotopic (exact) mass is 405 g/mol. The van der Waals surface area contributed by atoms with E-state index in [1.807, 2.05) is 36.4 Å². The average Bonchev–Trinajstić information content (AvgIpc) is 3.10. The van der Waals surface area contributed by atoms with Crippen molar-refractivity contribution >= 4 is 27.2 Å². The number of ketones is 1. The number of anilines is 1. The molecule has 3 aromatic carbocycles. The number of rotatable bonds is 4. The summed E-state index contributed by atoms with van der Waals surface area (Å²) in [5, 5.41) is 2.76. The lowest BCUT2D eigenvalue weighted by Crippen LogP contribution is -2.17. The van der Waals surface area contributed by atoms with E-state index in [2.05, 4.69) is 5.32 Å². The topological polar surface area (TPSA) is 80.3 Å². The minimum atomic E-state index is -3.56. The van der Waals surface area contributed by atoms with Gasteiger partial charge in [0.15, 0.2) is 15.6 Å². The third kappa shape index (κ3) is 3.59. The number of carbonyl (C=O) groups excluding carboxylic acids is 2. The van der Waals surface area contributed by atoms with Gasteiger partial charge in [-0.3, -0.25) is 9.59 Å². The van der Waals surface area contributed by atoms with Crippen molar-refractivity contribution in [3.05, 3.63) is 83.4 Å². The van der Waals surface area contributed by atoms with Crippen LogP contribution in [0.4, 0.5) is 5.69 Å². The van der Waals surface area contributed by atoms with Crippen molar-refractivity contribution < 1.29 is 18.0 Å². The van der Waals surface area contributed by atoms with E-state index in [0.717, 1.165) is 22.9 Å². The van der Waals surface area contributed by atoms with E-state index < -0.39 is 15.7 Å². The summed E-state index contributed by atoms with van der Waals surface area (Å²) < 4.78 is 24.0. The zero-order valence-electron chi connectivity index (χ0n) is 15.8. The summed E-state index contributed by atoms with van der Waals surface area (Å²) in [5.41, 5.74) is 3.88. The van der Waals surface area contributed by atoms with Gasteiger partial charge in [-0.1, -0.05) is 48.5 Å². The average molecular weight is 405 g/mol. The third-order valence-electron chi connectivity index (χ3n) is 5.06. The Hall–Kier alpha value is -3.25. The summed E-state index contributed by atoms with van der Waals surface area (Å²) in [6.45, 7) is 0. The number of hydrogen-bond acceptors (Lipinski definition) is 4. The van der Waals surface area contributed by atoms with Crippen LogP contribution in [-0.2, 0) is 16.3 Å². The van der Waals surface area contributed by atoms with Crippen molar-refractivity contribution in [2.75, 3.05) is 11.6 Å². The molecule has 29 heavy (non-hydrogen) atoms. The maximum atomic E-state index is 12.9. The molecule has 0 radical (unpaired) electrons. The predicted octanol–water partition coefficient (Wildman–Crippen LogP) is 4.14. The van der Waals surface area contributed by atoms with Gasteiger partial charge in [-0.05, 0) is 41.3 Å². The Morgan fingerprint density at radius 3 is 2.31 bits per heavy atom. The maximum absolute atomic E-state index is 12.9. The first kappa shape index (κ1) is 19.1. The lowest BCUT2D eigenvalue weighted by Gasteiger charge is -2.14. The highest BCUT2D eigenvalue weighted by Gasteiger charge is 2.27. The summed E-state index contributed by atoms with van der Waals surface area (Å²) in [6, 6.07) is 19.4. The summed E-state index contributed by atoms with van der Waals surface area (Å²) in [5.74, 6) is -0.579. The summed E-state index contributed by atoms with van der Waals surface area (Å²) in [4.78, 5) is 25.4. The number of Topliss-reactive ketones (excluding diaryl/α,β-unsaturated/α-hetero) is 1. The van der Waals surface area contributed by atoms with Crippen LogP contribution < -0.4 is 5.32 Å². The van der Waals surface area contributed by atoms with Crippen LogP contribution in [0.1, 0.15) is 32.7 Å². The molecule has 1 N–H and O–H groups in total. The number of nitrogens with one attached hydrogen (secondary N) is 1. The van der Waals surface area contributed by atoms with Gasteiger partial charge in [-0.2, -0.15) is 0 Å². The molecule has 4 rings (SSSR count). The van der Waals surface area contributed by atoms with Gasteiger partial charge in [0.2, 0.25) is 0 Å². The molecule has 0 unspecified atom stereocenters. The lowest BCUT2D eigenvalue weighted by molar-refractivity contribution is 0.0995. The molecule has 0 spiro atoms. The molecule has 1 aliphatic carbocycles. The van der Waals surface area contributed by atoms with Gasteiger partial charge < -0.3 is 5.32 Å². The molecule has 1 amide bonds. The number of amides is 1. The Morgan fingerprint density at radius 1 is 0.897 bits per heavy atom. The molecule has 0 atom stereocenters. The first-order valence-electron chi connectivity index (χ1n) is 9.21. The zero-order chi connectivity index (χ0) is 20.6. The third-order valence-corrected chi connectivity index (χ3v) is 6.21. The highest BCUT2D eigenvalue weighted by Crippen LogP contribution is 2.37. The van der Waals surface area contributed by atoms with Crippen LogP contribution in [0, 0.1) is 0 Å². The largest absolute Gasteiger partial charge is 0.321 e. The highest BCUT2D eigenvalue weighted by atomic mass is 32.2. The smallest absolute Gasteiger partial charge is 0.257 e. The van der Waals surface area contributed by atoms with E-state index in [1.54, 1.807) is 18.2 Å². The minimum absolute atomic E-state index is 0.0236. The van der Waals surface area contributed by atoms with Crippen molar-refractivity contribution in [1.82, 2.24) is 0 Å². The van der Waals surface area contributed by atoms with Crippen LogP contribution >= 0.6 is 0 Å². The quantitative estimate of drug-likeness (QED) is 0.707. The Balaban J connectivity index is 1.76. The van der Waals surface area contributed by atoms with Gasteiger partial charge >= 0.3 is 0 Å². The predicted molar refractivity (Wildman–Crippen MR) is 112 cm³/mol. The molecule has 0 aromatic heterocycles. The fraction of sp³-hybridized carbons (Fsp3) is 0.130. The maximum Gasteiger partial charge on any atom is 0.257 e. The van der Waals surface area contributed by atoms with Crippen molar-refractivity contribution in [3.8, 4) is 11.1 Å². The summed E-state index contributed by atoms with van der Waals surface area (Å²) in [7, 11) is -3.56. The van der Waals surface area contributed by atoms with Crippen LogP contribution in [0.15, 0.2) is 71.6 Å². The van der Waals surface area contributed by atoms with Crippen molar-refractivity contribution in [2.24, 2.45) is 0 Å². The molecule has 1 aliphatic rings. The minimum Gasteiger partial charge on any atom is -0.321 e. The Kier molecular flexibility index (Phi) is 4.80. The molecule has 0 saturated carbocycles.